The van der Waals surface area contributed by atoms with Gasteiger partial charge in [-0.05, 0) is 30.7 Å². The van der Waals surface area contributed by atoms with Gasteiger partial charge in [-0.25, -0.2) is 26.6 Å². The van der Waals surface area contributed by atoms with Crippen molar-refractivity contribution in [1.82, 2.24) is 14.3 Å². The van der Waals surface area contributed by atoms with E-state index in [4.69, 9.17) is 5.11 Å². The summed E-state index contributed by atoms with van der Waals surface area (Å²) in [5, 5.41) is 20.0. The van der Waals surface area contributed by atoms with Crippen LogP contribution in [0.3, 0.4) is 0 Å². The van der Waals surface area contributed by atoms with Crippen molar-refractivity contribution in [3.63, 3.8) is 0 Å². The highest BCUT2D eigenvalue weighted by molar-refractivity contribution is 7.90. The molecule has 0 unspecified atom stereocenters. The molecular formula is C19H14F2N4O4S. The van der Waals surface area contributed by atoms with Crippen LogP contribution in [0.5, 0.6) is 0 Å². The number of aromatic nitrogens is 2. The smallest absolute Gasteiger partial charge is 0.404 e. The minimum Gasteiger partial charge on any atom is -0.465 e. The standard InChI is InChI=1S/C19H14F2N4O4S/c20-16-13(7-9-24-19(26)27)11-25(17(16)14-5-3-8-23-18(14)21)30(28,29)15-6-2-1-4-12(15)10-22/h1-6,8,11,24H,7,9H2,(H,26,27). The molecule has 1 amide bonds. The van der Waals surface area contributed by atoms with Gasteiger partial charge in [0.2, 0.25) is 5.95 Å². The molecule has 3 rings (SSSR count). The Labute approximate surface area is 170 Å². The van der Waals surface area contributed by atoms with Crippen LogP contribution < -0.4 is 5.32 Å². The highest BCUT2D eigenvalue weighted by atomic mass is 32.2. The predicted molar refractivity (Wildman–Crippen MR) is 101 cm³/mol. The second-order valence-corrected chi connectivity index (χ2v) is 7.83. The molecular weight excluding hydrogens is 418 g/mol. The van der Waals surface area contributed by atoms with Crippen molar-refractivity contribution >= 4 is 16.1 Å². The molecule has 0 spiro atoms. The van der Waals surface area contributed by atoms with Crippen LogP contribution in [0.1, 0.15) is 11.1 Å². The number of carboxylic acid groups (broad SMARTS) is 1. The van der Waals surface area contributed by atoms with Crippen molar-refractivity contribution in [2.45, 2.75) is 11.3 Å². The summed E-state index contributed by atoms with van der Waals surface area (Å²) in [4.78, 5) is 13.7. The zero-order chi connectivity index (χ0) is 21.9. The number of amides is 1. The van der Waals surface area contributed by atoms with E-state index < -0.39 is 39.1 Å². The lowest BCUT2D eigenvalue weighted by molar-refractivity contribution is 0.194. The molecule has 30 heavy (non-hydrogen) atoms. The number of hydrogen-bond acceptors (Lipinski definition) is 5. The molecule has 2 aromatic heterocycles. The van der Waals surface area contributed by atoms with Crippen LogP contribution in [0.25, 0.3) is 11.3 Å². The van der Waals surface area contributed by atoms with Crippen LogP contribution >= 0.6 is 0 Å². The van der Waals surface area contributed by atoms with E-state index in [1.54, 1.807) is 6.07 Å². The van der Waals surface area contributed by atoms with E-state index in [9.17, 15) is 22.9 Å². The van der Waals surface area contributed by atoms with Gasteiger partial charge in [0.25, 0.3) is 10.0 Å². The number of pyridine rings is 1. The first-order chi connectivity index (χ1) is 14.3. The molecule has 0 bridgehead atoms. The normalized spacial score (nSPS) is 11.1. The van der Waals surface area contributed by atoms with E-state index in [-0.39, 0.29) is 29.0 Å². The Kier molecular flexibility index (Phi) is 5.79. The molecule has 2 N–H and O–H groups in total. The molecule has 0 aliphatic rings. The van der Waals surface area contributed by atoms with Gasteiger partial charge in [0, 0.05) is 24.5 Å². The molecule has 8 nitrogen and oxygen atoms in total. The fourth-order valence-electron chi connectivity index (χ4n) is 2.87. The summed E-state index contributed by atoms with van der Waals surface area (Å²) in [6, 6.07) is 9.58. The summed E-state index contributed by atoms with van der Waals surface area (Å²) < 4.78 is 56.6. The number of nitrogens with zero attached hydrogens (tertiary/aromatic N) is 3. The molecule has 154 valence electrons. The van der Waals surface area contributed by atoms with Gasteiger partial charge in [0.05, 0.1) is 11.1 Å². The van der Waals surface area contributed by atoms with E-state index in [0.29, 0.717) is 3.97 Å². The molecule has 0 saturated heterocycles. The fraction of sp³-hybridized carbons (Fsp3) is 0.105. The third kappa shape index (κ3) is 3.85. The van der Waals surface area contributed by atoms with Crippen molar-refractivity contribution in [2.75, 3.05) is 6.54 Å². The monoisotopic (exact) mass is 432 g/mol. The second kappa shape index (κ2) is 8.30. The van der Waals surface area contributed by atoms with Gasteiger partial charge < -0.3 is 10.4 Å². The van der Waals surface area contributed by atoms with Crippen molar-refractivity contribution in [3.05, 3.63) is 71.7 Å². The molecule has 0 radical (unpaired) electrons. The molecule has 0 aliphatic carbocycles. The van der Waals surface area contributed by atoms with Crippen LogP contribution in [0.15, 0.2) is 53.7 Å². The molecule has 0 aliphatic heterocycles. The maximum absolute atomic E-state index is 15.2. The summed E-state index contributed by atoms with van der Waals surface area (Å²) in [5.41, 5.74) is -1.32. The second-order valence-electron chi connectivity index (χ2n) is 6.05. The Morgan fingerprint density at radius 3 is 2.63 bits per heavy atom. The Hall–Kier alpha value is -3.78. The van der Waals surface area contributed by atoms with E-state index in [2.05, 4.69) is 10.3 Å². The molecule has 0 fully saturated rings. The van der Waals surface area contributed by atoms with Gasteiger partial charge in [-0.2, -0.15) is 9.65 Å². The van der Waals surface area contributed by atoms with E-state index >= 15 is 4.39 Å². The summed E-state index contributed by atoms with van der Waals surface area (Å²) in [6.45, 7) is -0.194. The van der Waals surface area contributed by atoms with Crippen molar-refractivity contribution in [1.29, 1.82) is 5.26 Å². The minimum absolute atomic E-state index is 0.153. The minimum atomic E-state index is -4.50. The van der Waals surface area contributed by atoms with Gasteiger partial charge >= 0.3 is 6.09 Å². The number of rotatable bonds is 6. The first-order valence-electron chi connectivity index (χ1n) is 8.49. The van der Waals surface area contributed by atoms with Gasteiger partial charge in [0.15, 0.2) is 5.82 Å². The molecule has 11 heteroatoms. The highest BCUT2D eigenvalue weighted by Gasteiger charge is 2.29. The number of halogens is 2. The quantitative estimate of drug-likeness (QED) is 0.577. The van der Waals surface area contributed by atoms with Gasteiger partial charge in [-0.1, -0.05) is 12.1 Å². The lowest BCUT2D eigenvalue weighted by atomic mass is 10.1. The summed E-state index contributed by atoms with van der Waals surface area (Å²) in [5.74, 6) is -2.12. The Balaban J connectivity index is 2.24. The predicted octanol–water partition coefficient (Wildman–Crippen LogP) is 2.75. The van der Waals surface area contributed by atoms with E-state index in [0.717, 1.165) is 12.4 Å². The molecule has 3 aromatic rings. The number of benzene rings is 1. The summed E-state index contributed by atoms with van der Waals surface area (Å²) in [7, 11) is -4.50. The van der Waals surface area contributed by atoms with E-state index in [1.165, 1.54) is 36.4 Å². The largest absolute Gasteiger partial charge is 0.465 e. The van der Waals surface area contributed by atoms with Crippen molar-refractivity contribution in [3.8, 4) is 17.3 Å². The average molecular weight is 432 g/mol. The van der Waals surface area contributed by atoms with Crippen LogP contribution in [0.4, 0.5) is 13.6 Å². The van der Waals surface area contributed by atoms with Crippen LogP contribution in [0, 0.1) is 23.1 Å². The third-order valence-corrected chi connectivity index (χ3v) is 5.93. The maximum atomic E-state index is 15.2. The first-order valence-corrected chi connectivity index (χ1v) is 9.93. The fourth-order valence-corrected chi connectivity index (χ4v) is 4.41. The van der Waals surface area contributed by atoms with Crippen LogP contribution in [0.2, 0.25) is 0 Å². The van der Waals surface area contributed by atoms with Crippen LogP contribution in [-0.2, 0) is 16.4 Å². The molecule has 0 saturated carbocycles. The first kappa shape index (κ1) is 20.9. The zero-order valence-corrected chi connectivity index (χ0v) is 16.0. The number of nitriles is 1. The van der Waals surface area contributed by atoms with Crippen molar-refractivity contribution in [2.24, 2.45) is 0 Å². The molecule has 1 aromatic carbocycles. The van der Waals surface area contributed by atoms with Crippen molar-refractivity contribution < 1.29 is 27.1 Å². The Bertz CT molecular complexity index is 1270. The SMILES string of the molecule is N#Cc1ccccc1S(=O)(=O)n1cc(CCNC(=O)O)c(F)c1-c1cccnc1F. The van der Waals surface area contributed by atoms with Gasteiger partial charge in [-0.15, -0.1) is 0 Å². The molecule has 0 atom stereocenters. The van der Waals surface area contributed by atoms with E-state index in [1.807, 2.05) is 0 Å². The lowest BCUT2D eigenvalue weighted by Gasteiger charge is -2.12. The highest BCUT2D eigenvalue weighted by Crippen LogP contribution is 2.32. The number of hydrogen-bond donors (Lipinski definition) is 2. The zero-order valence-electron chi connectivity index (χ0n) is 15.2. The average Bonchev–Trinajstić information content (AvgIpc) is 3.05. The lowest BCUT2D eigenvalue weighted by Crippen LogP contribution is -2.23. The third-order valence-electron chi connectivity index (χ3n) is 4.21. The van der Waals surface area contributed by atoms with Crippen LogP contribution in [-0.4, -0.2) is 35.1 Å². The molecule has 2 heterocycles. The Morgan fingerprint density at radius 1 is 1.23 bits per heavy atom. The number of nitrogens with one attached hydrogen (secondary N) is 1. The topological polar surface area (TPSA) is 125 Å². The van der Waals surface area contributed by atoms with Gasteiger partial charge in [0.1, 0.15) is 16.7 Å². The Morgan fingerprint density at radius 2 is 1.97 bits per heavy atom. The summed E-state index contributed by atoms with van der Waals surface area (Å²) in [6.07, 6.45) is 0.560. The van der Waals surface area contributed by atoms with Gasteiger partial charge in [-0.3, -0.25) is 0 Å². The summed E-state index contributed by atoms with van der Waals surface area (Å²) >= 11 is 0. The number of carbonyl (C=O) groups is 1. The maximum Gasteiger partial charge on any atom is 0.404 e.